The zero-order valence-electron chi connectivity index (χ0n) is 18.8. The number of nitrogens with zero attached hydrogens (tertiary/aromatic N) is 5. The average Bonchev–Trinajstić information content (AvgIpc) is 3.17. The Morgan fingerprint density at radius 2 is 2.09 bits per heavy atom. The molecule has 3 heterocycles. The number of aryl methyl sites for hydroxylation is 1. The number of aromatic nitrogens is 3. The van der Waals surface area contributed by atoms with Crippen LogP contribution in [0.15, 0.2) is 30.7 Å². The maximum absolute atomic E-state index is 15.2. The first-order chi connectivity index (χ1) is 15.3. The number of hydrogen-bond donors (Lipinski definition) is 1. The molecule has 1 N–H and O–H groups in total. The van der Waals surface area contributed by atoms with Crippen molar-refractivity contribution in [3.63, 3.8) is 0 Å². The van der Waals surface area contributed by atoms with Crippen LogP contribution in [0.1, 0.15) is 37.2 Å². The number of carbonyl (C=O) groups excluding carboxylic acids is 1. The Bertz CT molecular complexity index is 1180. The Kier molecular flexibility index (Phi) is 5.97. The van der Waals surface area contributed by atoms with Crippen LogP contribution in [0.25, 0.3) is 17.3 Å². The van der Waals surface area contributed by atoms with E-state index < -0.39 is 5.82 Å². The Hall–Kier alpha value is -3.26. The highest BCUT2D eigenvalue weighted by atomic mass is 19.1. The fourth-order valence-corrected chi connectivity index (χ4v) is 3.96. The van der Waals surface area contributed by atoms with E-state index in [9.17, 15) is 9.90 Å². The minimum absolute atomic E-state index is 0.0147. The molecule has 1 atom stereocenters. The number of piperazine rings is 1. The quantitative estimate of drug-likeness (QED) is 0.616. The third-order valence-electron chi connectivity index (χ3n) is 6.07. The molecule has 1 saturated heterocycles. The van der Waals surface area contributed by atoms with Crippen molar-refractivity contribution in [1.82, 2.24) is 19.3 Å². The Morgan fingerprint density at radius 1 is 1.31 bits per heavy atom. The molecule has 0 bridgehead atoms. The number of hydrogen-bond acceptors (Lipinski definition) is 6. The van der Waals surface area contributed by atoms with Gasteiger partial charge in [-0.2, -0.15) is 0 Å². The summed E-state index contributed by atoms with van der Waals surface area (Å²) in [5, 5.41) is 10.7. The van der Waals surface area contributed by atoms with Gasteiger partial charge in [0.15, 0.2) is 11.4 Å². The normalized spacial score (nSPS) is 17.8. The van der Waals surface area contributed by atoms with E-state index in [0.29, 0.717) is 23.1 Å². The molecule has 32 heavy (non-hydrogen) atoms. The zero-order chi connectivity index (χ0) is 23.0. The summed E-state index contributed by atoms with van der Waals surface area (Å²) < 4.78 is 16.9. The van der Waals surface area contributed by atoms with E-state index in [2.05, 4.69) is 33.7 Å². The van der Waals surface area contributed by atoms with Crippen molar-refractivity contribution in [1.29, 1.82) is 0 Å². The lowest BCUT2D eigenvalue weighted by atomic mass is 10.0. The van der Waals surface area contributed by atoms with E-state index in [1.165, 1.54) is 12.1 Å². The van der Waals surface area contributed by atoms with Gasteiger partial charge in [0.1, 0.15) is 11.6 Å². The summed E-state index contributed by atoms with van der Waals surface area (Å²) in [4.78, 5) is 25.7. The SMILES string of the molecule is CCC(=O)C(=Cc1c(O)cc(N2CCN(C)C(C)C2)cc1F)c1cn2cc(C)ncc2n1. The number of Topliss-reactive ketones (excluding diaryl/α,β-unsaturated/α-hetero) is 1. The number of rotatable bonds is 5. The third-order valence-corrected chi connectivity index (χ3v) is 6.07. The standard InChI is InChI=1S/C24H28FN5O2/c1-5-22(31)19(21-14-30-12-15(2)26-11-24(30)27-21)10-18-20(25)8-17(9-23(18)32)29-7-6-28(4)16(3)13-29/h8-12,14,16,32H,5-7,13H2,1-4H3. The molecule has 1 aliphatic heterocycles. The van der Waals surface area contributed by atoms with Gasteiger partial charge >= 0.3 is 0 Å². The lowest BCUT2D eigenvalue weighted by Crippen LogP contribution is -2.50. The first kappa shape index (κ1) is 22.0. The minimum atomic E-state index is -0.575. The van der Waals surface area contributed by atoms with Crippen molar-refractivity contribution in [3.05, 3.63) is 53.5 Å². The molecule has 7 nitrogen and oxygen atoms in total. The highest BCUT2D eigenvalue weighted by Crippen LogP contribution is 2.32. The lowest BCUT2D eigenvalue weighted by molar-refractivity contribution is -0.113. The summed E-state index contributed by atoms with van der Waals surface area (Å²) in [5.74, 6) is -0.961. The lowest BCUT2D eigenvalue weighted by Gasteiger charge is -2.39. The first-order valence-corrected chi connectivity index (χ1v) is 10.8. The molecule has 4 rings (SSSR count). The van der Waals surface area contributed by atoms with Gasteiger partial charge in [0.05, 0.1) is 23.1 Å². The number of phenols is 1. The molecule has 168 valence electrons. The van der Waals surface area contributed by atoms with Crippen molar-refractivity contribution in [2.45, 2.75) is 33.2 Å². The van der Waals surface area contributed by atoms with Crippen LogP contribution in [0.2, 0.25) is 0 Å². The summed E-state index contributed by atoms with van der Waals surface area (Å²) in [6.07, 6.45) is 6.78. The van der Waals surface area contributed by atoms with Gasteiger partial charge in [-0.3, -0.25) is 9.78 Å². The fraction of sp³-hybridized carbons (Fsp3) is 0.375. The van der Waals surface area contributed by atoms with Crippen LogP contribution < -0.4 is 4.90 Å². The molecule has 2 aromatic heterocycles. The fourth-order valence-electron chi connectivity index (χ4n) is 3.96. The van der Waals surface area contributed by atoms with Gasteiger partial charge in [-0.05, 0) is 33.0 Å². The highest BCUT2D eigenvalue weighted by Gasteiger charge is 2.23. The Morgan fingerprint density at radius 3 is 2.78 bits per heavy atom. The average molecular weight is 438 g/mol. The van der Waals surface area contributed by atoms with Crippen molar-refractivity contribution in [3.8, 4) is 5.75 Å². The van der Waals surface area contributed by atoms with Crippen LogP contribution in [0.4, 0.5) is 10.1 Å². The van der Waals surface area contributed by atoms with E-state index in [0.717, 1.165) is 25.3 Å². The number of fused-ring (bicyclic) bond motifs is 1. The molecule has 1 unspecified atom stereocenters. The topological polar surface area (TPSA) is 74.0 Å². The number of allylic oxidation sites excluding steroid dienone is 1. The molecule has 1 aromatic carbocycles. The zero-order valence-corrected chi connectivity index (χ0v) is 18.8. The largest absolute Gasteiger partial charge is 0.507 e. The molecule has 0 saturated carbocycles. The van der Waals surface area contributed by atoms with E-state index in [1.807, 2.05) is 13.1 Å². The number of phenolic OH excluding ortho intramolecular Hbond substituents is 1. The van der Waals surface area contributed by atoms with Crippen molar-refractivity contribution in [2.75, 3.05) is 31.6 Å². The van der Waals surface area contributed by atoms with E-state index >= 15 is 4.39 Å². The second-order valence-electron chi connectivity index (χ2n) is 8.39. The summed E-state index contributed by atoms with van der Waals surface area (Å²) in [6.45, 7) is 8.09. The number of aromatic hydroxyl groups is 1. The Balaban J connectivity index is 1.74. The number of ketones is 1. The van der Waals surface area contributed by atoms with Gasteiger partial charge in [-0.1, -0.05) is 6.92 Å². The maximum atomic E-state index is 15.2. The van der Waals surface area contributed by atoms with E-state index in [1.54, 1.807) is 29.8 Å². The van der Waals surface area contributed by atoms with Crippen LogP contribution in [0.3, 0.4) is 0 Å². The number of imidazole rings is 1. The van der Waals surface area contributed by atoms with Gasteiger partial charge in [0, 0.05) is 61.8 Å². The van der Waals surface area contributed by atoms with Gasteiger partial charge < -0.3 is 19.3 Å². The Labute approximate surface area is 186 Å². The molecule has 0 radical (unpaired) electrons. The molecule has 3 aromatic rings. The van der Waals surface area contributed by atoms with Gasteiger partial charge in [0.25, 0.3) is 0 Å². The molecule has 8 heteroatoms. The van der Waals surface area contributed by atoms with Gasteiger partial charge in [-0.25, -0.2) is 9.37 Å². The predicted molar refractivity (Wildman–Crippen MR) is 123 cm³/mol. The monoisotopic (exact) mass is 437 g/mol. The molecule has 1 fully saturated rings. The second kappa shape index (κ2) is 8.70. The first-order valence-electron chi connectivity index (χ1n) is 10.8. The van der Waals surface area contributed by atoms with Crippen LogP contribution in [0.5, 0.6) is 5.75 Å². The van der Waals surface area contributed by atoms with Crippen molar-refractivity contribution in [2.24, 2.45) is 0 Å². The molecular weight excluding hydrogens is 409 g/mol. The predicted octanol–water partition coefficient (Wildman–Crippen LogP) is 3.54. The van der Waals surface area contributed by atoms with E-state index in [4.69, 9.17) is 0 Å². The van der Waals surface area contributed by atoms with Crippen LogP contribution in [-0.4, -0.2) is 62.9 Å². The second-order valence-corrected chi connectivity index (χ2v) is 8.39. The minimum Gasteiger partial charge on any atom is -0.507 e. The van der Waals surface area contributed by atoms with Crippen LogP contribution in [-0.2, 0) is 4.79 Å². The smallest absolute Gasteiger partial charge is 0.164 e. The van der Waals surface area contributed by atoms with E-state index in [-0.39, 0.29) is 29.1 Å². The molecule has 0 amide bonds. The number of likely N-dealkylation sites (N-methyl/N-ethyl adjacent to an activating group) is 1. The number of anilines is 1. The van der Waals surface area contributed by atoms with Gasteiger partial charge in [0.2, 0.25) is 0 Å². The maximum Gasteiger partial charge on any atom is 0.164 e. The molecule has 0 spiro atoms. The van der Waals surface area contributed by atoms with Crippen molar-refractivity contribution < 1.29 is 14.3 Å². The summed E-state index contributed by atoms with van der Waals surface area (Å²) in [7, 11) is 2.07. The molecule has 1 aliphatic rings. The van der Waals surface area contributed by atoms with Crippen molar-refractivity contribution >= 4 is 28.8 Å². The number of halogens is 1. The highest BCUT2D eigenvalue weighted by molar-refractivity contribution is 6.24. The van der Waals surface area contributed by atoms with Crippen LogP contribution >= 0.6 is 0 Å². The summed E-state index contributed by atoms with van der Waals surface area (Å²) >= 11 is 0. The summed E-state index contributed by atoms with van der Waals surface area (Å²) in [5.41, 5.74) is 2.69. The van der Waals surface area contributed by atoms with Crippen LogP contribution in [0, 0.1) is 12.7 Å². The molecule has 0 aliphatic carbocycles. The number of benzene rings is 1. The number of carbonyl (C=O) groups is 1. The molecular formula is C24H28FN5O2. The summed E-state index contributed by atoms with van der Waals surface area (Å²) in [6, 6.07) is 3.32. The van der Waals surface area contributed by atoms with Gasteiger partial charge in [-0.15, -0.1) is 0 Å². The third kappa shape index (κ3) is 4.23.